The summed E-state index contributed by atoms with van der Waals surface area (Å²) < 4.78 is 5.71. The van der Waals surface area contributed by atoms with Gasteiger partial charge in [0.1, 0.15) is 11.6 Å². The van der Waals surface area contributed by atoms with Gasteiger partial charge in [0.05, 0.1) is 6.61 Å². The average molecular weight is 251 g/mol. The third kappa shape index (κ3) is 4.51. The van der Waals surface area contributed by atoms with E-state index >= 15 is 0 Å². The van der Waals surface area contributed by atoms with Crippen LogP contribution < -0.4 is 10.5 Å². The largest absolute Gasteiger partial charge is 0.477 e. The summed E-state index contributed by atoms with van der Waals surface area (Å²) in [6, 6.07) is 1.69. The molecule has 1 heterocycles. The lowest BCUT2D eigenvalue weighted by molar-refractivity contribution is 0.241. The molecule has 4 heteroatoms. The first-order valence-corrected chi connectivity index (χ1v) is 6.60. The predicted octanol–water partition coefficient (Wildman–Crippen LogP) is 3.17. The van der Waals surface area contributed by atoms with Crippen molar-refractivity contribution in [2.75, 3.05) is 12.3 Å². The Morgan fingerprint density at radius 1 is 1.33 bits per heavy atom. The molecular formula is C14H25N3O. The van der Waals surface area contributed by atoms with E-state index in [1.54, 1.807) is 6.07 Å². The maximum absolute atomic E-state index is 5.79. The number of ether oxygens (including phenoxy) is 1. The van der Waals surface area contributed by atoms with Crippen LogP contribution in [0.2, 0.25) is 0 Å². The molecule has 1 aromatic rings. The number of rotatable bonds is 5. The van der Waals surface area contributed by atoms with Gasteiger partial charge in [0, 0.05) is 11.5 Å². The van der Waals surface area contributed by atoms with Gasteiger partial charge in [-0.05, 0) is 12.3 Å². The first-order valence-electron chi connectivity index (χ1n) is 6.60. The Hall–Kier alpha value is -1.32. The van der Waals surface area contributed by atoms with Gasteiger partial charge in [-0.1, -0.05) is 41.0 Å². The Morgan fingerprint density at radius 3 is 2.56 bits per heavy atom. The van der Waals surface area contributed by atoms with E-state index in [1.165, 1.54) is 6.42 Å². The van der Waals surface area contributed by atoms with Crippen LogP contribution >= 0.6 is 0 Å². The lowest BCUT2D eigenvalue weighted by Crippen LogP contribution is -2.18. The molecule has 0 fully saturated rings. The Labute approximate surface area is 110 Å². The molecule has 0 radical (unpaired) electrons. The molecular weight excluding hydrogens is 226 g/mol. The minimum Gasteiger partial charge on any atom is -0.477 e. The second-order valence-corrected chi connectivity index (χ2v) is 5.91. The summed E-state index contributed by atoms with van der Waals surface area (Å²) >= 11 is 0. The van der Waals surface area contributed by atoms with Crippen molar-refractivity contribution in [3.63, 3.8) is 0 Å². The van der Waals surface area contributed by atoms with E-state index in [-0.39, 0.29) is 5.41 Å². The molecule has 0 aliphatic carbocycles. The predicted molar refractivity (Wildman–Crippen MR) is 74.7 cm³/mol. The minimum absolute atomic E-state index is 0.122. The molecule has 1 atom stereocenters. The van der Waals surface area contributed by atoms with E-state index in [2.05, 4.69) is 44.6 Å². The van der Waals surface area contributed by atoms with Crippen molar-refractivity contribution in [3.05, 3.63) is 11.9 Å². The average Bonchev–Trinajstić information content (AvgIpc) is 2.25. The highest BCUT2D eigenvalue weighted by molar-refractivity contribution is 5.34. The van der Waals surface area contributed by atoms with E-state index in [0.717, 1.165) is 12.2 Å². The van der Waals surface area contributed by atoms with Crippen molar-refractivity contribution in [2.45, 2.75) is 52.9 Å². The summed E-state index contributed by atoms with van der Waals surface area (Å²) in [5.41, 5.74) is 5.67. The normalized spacial score (nSPS) is 13.4. The van der Waals surface area contributed by atoms with Gasteiger partial charge in [-0.25, -0.2) is 4.98 Å². The van der Waals surface area contributed by atoms with Gasteiger partial charge in [-0.3, -0.25) is 0 Å². The van der Waals surface area contributed by atoms with Crippen molar-refractivity contribution in [1.29, 1.82) is 0 Å². The van der Waals surface area contributed by atoms with Crippen LogP contribution in [0.3, 0.4) is 0 Å². The van der Waals surface area contributed by atoms with Gasteiger partial charge in [0.2, 0.25) is 5.88 Å². The molecule has 2 N–H and O–H groups in total. The monoisotopic (exact) mass is 251 g/mol. The van der Waals surface area contributed by atoms with Gasteiger partial charge in [0.15, 0.2) is 0 Å². The Morgan fingerprint density at radius 2 is 2.00 bits per heavy atom. The van der Waals surface area contributed by atoms with Crippen LogP contribution in [0.1, 0.15) is 53.3 Å². The Bertz CT molecular complexity index is 385. The van der Waals surface area contributed by atoms with Crippen molar-refractivity contribution >= 4 is 5.82 Å². The highest BCUT2D eigenvalue weighted by Gasteiger charge is 2.19. The smallest absolute Gasteiger partial charge is 0.218 e. The quantitative estimate of drug-likeness (QED) is 0.873. The summed E-state index contributed by atoms with van der Waals surface area (Å²) in [6.07, 6.45) is 2.33. The summed E-state index contributed by atoms with van der Waals surface area (Å²) in [5, 5.41) is 0. The molecule has 1 unspecified atom stereocenters. The fraction of sp³-hybridized carbons (Fsp3) is 0.714. The molecule has 1 rings (SSSR count). The van der Waals surface area contributed by atoms with E-state index in [1.807, 2.05) is 0 Å². The SMILES string of the molecule is CCCC(C)COc1cc(N)nc(C(C)(C)C)n1. The number of aromatic nitrogens is 2. The lowest BCUT2D eigenvalue weighted by atomic mass is 9.96. The first-order chi connectivity index (χ1) is 8.32. The molecule has 0 spiro atoms. The molecule has 102 valence electrons. The number of hydrogen-bond donors (Lipinski definition) is 1. The molecule has 0 bridgehead atoms. The standard InChI is InChI=1S/C14H25N3O/c1-6-7-10(2)9-18-12-8-11(15)16-13(17-12)14(3,4)5/h8,10H,6-7,9H2,1-5H3,(H2,15,16,17). The maximum atomic E-state index is 5.79. The van der Waals surface area contributed by atoms with Gasteiger partial charge in [-0.15, -0.1) is 0 Å². The number of hydrogen-bond acceptors (Lipinski definition) is 4. The molecule has 0 aliphatic heterocycles. The van der Waals surface area contributed by atoms with Crippen LogP contribution in [0.5, 0.6) is 5.88 Å². The van der Waals surface area contributed by atoms with E-state index in [4.69, 9.17) is 10.5 Å². The zero-order chi connectivity index (χ0) is 13.8. The molecule has 0 aliphatic rings. The highest BCUT2D eigenvalue weighted by Crippen LogP contribution is 2.22. The molecule has 1 aromatic heterocycles. The van der Waals surface area contributed by atoms with Crippen LogP contribution in [-0.2, 0) is 5.41 Å². The fourth-order valence-electron chi connectivity index (χ4n) is 1.66. The van der Waals surface area contributed by atoms with Crippen molar-refractivity contribution in [1.82, 2.24) is 9.97 Å². The molecule has 4 nitrogen and oxygen atoms in total. The van der Waals surface area contributed by atoms with Crippen molar-refractivity contribution < 1.29 is 4.74 Å². The molecule has 0 saturated carbocycles. The number of nitrogens with two attached hydrogens (primary N) is 1. The topological polar surface area (TPSA) is 61.0 Å². The number of nitrogen functional groups attached to an aromatic ring is 1. The summed E-state index contributed by atoms with van der Waals surface area (Å²) in [5.74, 6) is 2.30. The third-order valence-electron chi connectivity index (χ3n) is 2.69. The van der Waals surface area contributed by atoms with Crippen molar-refractivity contribution in [3.8, 4) is 5.88 Å². The van der Waals surface area contributed by atoms with Crippen LogP contribution in [0, 0.1) is 5.92 Å². The van der Waals surface area contributed by atoms with Gasteiger partial charge < -0.3 is 10.5 Å². The van der Waals surface area contributed by atoms with Gasteiger partial charge in [-0.2, -0.15) is 4.98 Å². The third-order valence-corrected chi connectivity index (χ3v) is 2.69. The van der Waals surface area contributed by atoms with Crippen LogP contribution in [-0.4, -0.2) is 16.6 Å². The molecule has 18 heavy (non-hydrogen) atoms. The zero-order valence-electron chi connectivity index (χ0n) is 12.2. The molecule has 0 saturated heterocycles. The van der Waals surface area contributed by atoms with E-state index < -0.39 is 0 Å². The van der Waals surface area contributed by atoms with E-state index in [0.29, 0.717) is 24.2 Å². The Kier molecular flexibility index (Phi) is 4.93. The lowest BCUT2D eigenvalue weighted by Gasteiger charge is -2.18. The molecule has 0 amide bonds. The fourth-order valence-corrected chi connectivity index (χ4v) is 1.66. The second kappa shape index (κ2) is 6.03. The zero-order valence-corrected chi connectivity index (χ0v) is 12.2. The van der Waals surface area contributed by atoms with E-state index in [9.17, 15) is 0 Å². The van der Waals surface area contributed by atoms with Gasteiger partial charge in [0.25, 0.3) is 0 Å². The second-order valence-electron chi connectivity index (χ2n) is 5.91. The molecule has 0 aromatic carbocycles. The van der Waals surface area contributed by atoms with Crippen LogP contribution in [0.4, 0.5) is 5.82 Å². The summed E-state index contributed by atoms with van der Waals surface area (Å²) in [7, 11) is 0. The summed E-state index contributed by atoms with van der Waals surface area (Å²) in [4.78, 5) is 8.68. The Balaban J connectivity index is 2.75. The van der Waals surface area contributed by atoms with Gasteiger partial charge >= 0.3 is 0 Å². The summed E-state index contributed by atoms with van der Waals surface area (Å²) in [6.45, 7) is 11.2. The maximum Gasteiger partial charge on any atom is 0.218 e. The highest BCUT2D eigenvalue weighted by atomic mass is 16.5. The number of anilines is 1. The number of nitrogens with zero attached hydrogens (tertiary/aromatic N) is 2. The van der Waals surface area contributed by atoms with Crippen LogP contribution in [0.15, 0.2) is 6.07 Å². The first kappa shape index (κ1) is 14.7. The van der Waals surface area contributed by atoms with Crippen molar-refractivity contribution in [2.24, 2.45) is 5.92 Å². The van der Waals surface area contributed by atoms with Crippen LogP contribution in [0.25, 0.3) is 0 Å². The minimum atomic E-state index is -0.122.